The van der Waals surface area contributed by atoms with E-state index < -0.39 is 98.6 Å². The number of nitrogens with two attached hydrogens (primary N) is 2. The Morgan fingerprint density at radius 2 is 1.10 bits per heavy atom. The number of nitrogens with one attached hydrogen (secondary N) is 2. The van der Waals surface area contributed by atoms with Crippen LogP contribution in [0, 0.1) is 34.5 Å². The van der Waals surface area contributed by atoms with Crippen molar-refractivity contribution in [2.45, 2.75) is 226 Å². The predicted octanol–water partition coefficient (Wildman–Crippen LogP) is 9.73. The molecule has 4 aromatic rings. The quantitative estimate of drug-likeness (QED) is 0.0228. The summed E-state index contributed by atoms with van der Waals surface area (Å²) in [5.74, 6) is -3.38. The number of Topliss-reactive ketones (excluding diaryl/α,β-unsaturated/α-hetero) is 2. The summed E-state index contributed by atoms with van der Waals surface area (Å²) >= 11 is 2.81. The van der Waals surface area contributed by atoms with Crippen LogP contribution < -0.4 is 21.9 Å². The zero-order valence-corrected chi connectivity index (χ0v) is 64.2. The Morgan fingerprint density at radius 1 is 0.667 bits per heavy atom. The van der Waals surface area contributed by atoms with Gasteiger partial charge in [-0.15, -0.1) is 22.7 Å². The lowest BCUT2D eigenvalue weighted by atomic mass is 9.73. The van der Waals surface area contributed by atoms with Gasteiger partial charge in [-0.1, -0.05) is 117 Å². The topological polar surface area (TPSA) is 416 Å². The van der Waals surface area contributed by atoms with E-state index in [1.54, 1.807) is 41.5 Å². The summed E-state index contributed by atoms with van der Waals surface area (Å²) in [5, 5.41) is 53.7. The predicted molar refractivity (Wildman–Crippen MR) is 391 cm³/mol. The number of ether oxygens (including phenoxy) is 5. The summed E-state index contributed by atoms with van der Waals surface area (Å²) in [5.41, 5.74) is 15.4. The lowest BCUT2D eigenvalue weighted by Crippen LogP contribution is -2.45. The summed E-state index contributed by atoms with van der Waals surface area (Å²) < 4.78 is 52.0. The maximum Gasteiger partial charge on any atom is 0.407 e. The Labute approximate surface area is 607 Å². The highest BCUT2D eigenvalue weighted by molar-refractivity contribution is 7.55. The lowest BCUT2D eigenvalue weighted by Gasteiger charge is -2.34. The molecule has 4 saturated heterocycles. The third kappa shape index (κ3) is 22.9. The smallest absolute Gasteiger partial charge is 0.407 e. The molecular formula is C73H108N6O19P2S2. The minimum Gasteiger partial charge on any atom is -0.458 e. The van der Waals surface area contributed by atoms with E-state index in [4.69, 9.17) is 44.9 Å². The van der Waals surface area contributed by atoms with Crippen LogP contribution in [-0.2, 0) is 65.1 Å². The molecular weight excluding hydrogens is 1390 g/mol. The minimum atomic E-state index is -4.12. The molecule has 1 aliphatic carbocycles. The summed E-state index contributed by atoms with van der Waals surface area (Å²) in [6.07, 6.45) is 1.92. The standard InChI is InChI=1S/C29H48N3O8PS.C27H42N2O6S.C17H18NO5P/c1-17-8-7-9-29(6)23(40-29)13-21(39-25(34)14-22(33)28(4,5)27(36)19(3)26(17)35)18(2)12-20-16-42-24(32-20)15-31-41(37,38)11-10-30;1-15-8-7-9-27(6)21(35-27)11-19(16(2)10-18-14-36-22(13-28)29-18)34-23(31)12-20(30)26(4,5)25(33)17(3)24(15)32;19-17(18-9-10-24(20,21)22)23-11-16-14-7-3-1-5-12(14)13-6-2-4-8-15(13)16/h12,16-17,19,21-23,26,33,35H,7-11,13-15,30H2,1-6H3,(H2,31,37,38);10,14-15,17,19-21,24,30,32H,7-9,11-13,28H2,1-6H3;1-8,16H,9-11H2,(H,18,19)(H2,20,21,22)/b18-12+;16-10+;/t17-,19+,21-,22?,23-,26-,29+;15-,17+,19-,20?,21-,24-,27+;/m00./s1. The molecule has 4 fully saturated rings. The van der Waals surface area contributed by atoms with Crippen molar-refractivity contribution < 1.29 is 91.9 Å². The van der Waals surface area contributed by atoms with E-state index in [1.807, 2.05) is 106 Å². The van der Waals surface area contributed by atoms with Gasteiger partial charge >= 0.3 is 25.6 Å². The number of amides is 1. The fraction of sp³-hybridized carbons (Fsp3) is 0.630. The number of alkyl carbamates (subject to hydrolysis) is 1. The number of hydrogen-bond acceptors (Lipinski definition) is 22. The van der Waals surface area contributed by atoms with Crippen molar-refractivity contribution in [1.82, 2.24) is 20.4 Å². The number of ketones is 2. The molecule has 0 saturated carbocycles. The molecule has 102 heavy (non-hydrogen) atoms. The van der Waals surface area contributed by atoms with Gasteiger partial charge in [0.2, 0.25) is 0 Å². The highest BCUT2D eigenvalue weighted by atomic mass is 32.1. The summed E-state index contributed by atoms with van der Waals surface area (Å²) in [6.45, 7) is 22.1. The van der Waals surface area contributed by atoms with Crippen LogP contribution in [0.25, 0.3) is 23.3 Å². The number of carbonyl (C=O) groups excluding carboxylic acids is 5. The monoisotopic (exact) mass is 1500 g/mol. The van der Waals surface area contributed by atoms with Gasteiger partial charge < -0.3 is 75.6 Å². The van der Waals surface area contributed by atoms with Crippen molar-refractivity contribution in [3.63, 3.8) is 0 Å². The number of aliphatic hydroxyl groups excluding tert-OH is 4. The molecule has 0 spiro atoms. The molecule has 0 bridgehead atoms. The number of nitrogens with zero attached hydrogens (tertiary/aromatic N) is 2. The molecule has 1 amide bonds. The van der Waals surface area contributed by atoms with Gasteiger partial charge in [0, 0.05) is 61.0 Å². The van der Waals surface area contributed by atoms with E-state index in [9.17, 15) is 58.4 Å². The molecule has 9 rings (SSSR count). The largest absolute Gasteiger partial charge is 0.458 e. The first kappa shape index (κ1) is 84.0. The normalized spacial score (nSPS) is 30.4. The van der Waals surface area contributed by atoms with Crippen LogP contribution in [0.2, 0.25) is 0 Å². The van der Waals surface area contributed by atoms with Crippen LogP contribution in [0.4, 0.5) is 4.79 Å². The fourth-order valence-corrected chi connectivity index (χ4v) is 16.3. The Kier molecular flexibility index (Phi) is 29.5. The first-order chi connectivity index (χ1) is 47.7. The summed E-state index contributed by atoms with van der Waals surface area (Å²) in [7, 11) is -7.64. The van der Waals surface area contributed by atoms with Crippen molar-refractivity contribution in [2.75, 3.05) is 32.0 Å². The summed E-state index contributed by atoms with van der Waals surface area (Å²) in [4.78, 5) is 101. The second-order valence-electron chi connectivity index (χ2n) is 29.7. The average Bonchev–Trinajstić information content (AvgIpc) is 1.62. The van der Waals surface area contributed by atoms with Crippen molar-refractivity contribution in [3.05, 3.63) is 103 Å². The molecule has 25 nitrogen and oxygen atoms in total. The summed E-state index contributed by atoms with van der Waals surface area (Å²) in [6, 6.07) is 16.0. The van der Waals surface area contributed by atoms with E-state index in [-0.39, 0.29) is 98.0 Å². The highest BCUT2D eigenvalue weighted by Crippen LogP contribution is 2.48. The molecule has 3 unspecified atom stereocenters. The van der Waals surface area contributed by atoms with Crippen LogP contribution in [0.15, 0.2) is 70.4 Å². The van der Waals surface area contributed by atoms with E-state index in [0.29, 0.717) is 30.1 Å². The zero-order chi connectivity index (χ0) is 75.5. The number of carbonyl (C=O) groups is 5. The van der Waals surface area contributed by atoms with Gasteiger partial charge in [0.05, 0.1) is 102 Å². The van der Waals surface area contributed by atoms with Gasteiger partial charge in [-0.05, 0) is 111 Å². The molecule has 6 heterocycles. The van der Waals surface area contributed by atoms with Crippen LogP contribution in [-0.4, -0.2) is 167 Å². The maximum atomic E-state index is 13.3. The van der Waals surface area contributed by atoms with Crippen LogP contribution >= 0.6 is 37.8 Å². The van der Waals surface area contributed by atoms with Gasteiger partial charge in [-0.3, -0.25) is 28.3 Å². The highest BCUT2D eigenvalue weighted by Gasteiger charge is 2.55. The Hall–Kier alpha value is -5.29. The Morgan fingerprint density at radius 3 is 1.52 bits per heavy atom. The number of cyclic esters (lactones) is 2. The lowest BCUT2D eigenvalue weighted by molar-refractivity contribution is -0.156. The Balaban J connectivity index is 0.000000222. The zero-order valence-electron chi connectivity index (χ0n) is 60.7. The molecule has 5 aliphatic rings. The van der Waals surface area contributed by atoms with Gasteiger partial charge in [-0.25, -0.2) is 19.8 Å². The molecule has 29 heteroatoms. The van der Waals surface area contributed by atoms with Gasteiger partial charge in [0.25, 0.3) is 7.52 Å². The van der Waals surface area contributed by atoms with E-state index in [0.717, 1.165) is 82.6 Å². The van der Waals surface area contributed by atoms with Crippen molar-refractivity contribution >= 4 is 79.5 Å². The second kappa shape index (κ2) is 35.9. The maximum absolute atomic E-state index is 13.3. The average molecular weight is 1500 g/mol. The van der Waals surface area contributed by atoms with Crippen molar-refractivity contribution in [3.8, 4) is 11.1 Å². The third-order valence-corrected chi connectivity index (χ3v) is 24.9. The number of epoxide rings is 2. The fourth-order valence-electron chi connectivity index (χ4n) is 13.6. The van der Waals surface area contributed by atoms with Gasteiger partial charge in [0.1, 0.15) is 40.4 Å². The number of rotatable bonds is 15. The first-order valence-corrected chi connectivity index (χ1v) is 40.5. The number of thiazole rings is 2. The number of esters is 2. The Bertz CT molecular complexity index is 3660. The number of aromatic nitrogens is 2. The molecule has 13 N–H and O–H groups in total. The number of fused-ring (bicyclic) bond motifs is 5. The van der Waals surface area contributed by atoms with Gasteiger partial charge in [-0.2, -0.15) is 0 Å². The molecule has 0 radical (unpaired) electrons. The van der Waals surface area contributed by atoms with Crippen LogP contribution in [0.1, 0.15) is 186 Å². The minimum absolute atomic E-state index is 0.0283. The number of benzene rings is 2. The second-order valence-corrected chi connectivity index (χ2v) is 35.5. The van der Waals surface area contributed by atoms with Crippen molar-refractivity contribution in [1.29, 1.82) is 0 Å². The molecule has 15 atom stereocenters. The molecule has 2 aromatic carbocycles. The van der Waals surface area contributed by atoms with E-state index in [2.05, 4.69) is 27.3 Å². The van der Waals surface area contributed by atoms with Crippen LogP contribution in [0.5, 0.6) is 0 Å². The molecule has 566 valence electrons. The van der Waals surface area contributed by atoms with E-state index >= 15 is 0 Å². The SMILES string of the molecule is C/C(=C\c1csc(CN)n1)[C@@H]1C[C@@H]2O[C@]2(C)CCC[C@H](C)[C@H](O)[C@@H](C)C(=O)C(C)(C)C(O)CC(=O)O1.C/C(=C\c1csc(CNP(=O)(O)CCN)n1)[C@@H]1C[C@@H]2O[C@]2(C)CCC[C@H](C)[C@H](O)[C@@H](C)C(=O)C(C)(C)C(O)CC(=O)O1.O=C(NCCP(=O)(O)O)OCC1c2ccccc2-c2ccccc21. The molecule has 2 aromatic heterocycles. The van der Waals surface area contributed by atoms with Gasteiger partial charge in [0.15, 0.2) is 0 Å². The number of aliphatic hydroxyl groups is 4. The first-order valence-electron chi connectivity index (χ1n) is 35.1. The third-order valence-electron chi connectivity index (χ3n) is 20.8. The number of hydrogen-bond donors (Lipinski definition) is 11. The van der Waals surface area contributed by atoms with E-state index in [1.165, 1.54) is 22.7 Å². The van der Waals surface area contributed by atoms with Crippen LogP contribution in [0.3, 0.4) is 0 Å². The molecule has 4 aliphatic heterocycles. The van der Waals surface area contributed by atoms with Crippen molar-refractivity contribution in [2.24, 2.45) is 46.0 Å².